The molecule has 6 heteroatoms. The van der Waals surface area contributed by atoms with Gasteiger partial charge in [0.2, 0.25) is 5.91 Å². The molecule has 1 unspecified atom stereocenters. The summed E-state index contributed by atoms with van der Waals surface area (Å²) in [5.41, 5.74) is 0. The van der Waals surface area contributed by atoms with E-state index in [9.17, 15) is 18.0 Å². The van der Waals surface area contributed by atoms with Gasteiger partial charge in [-0.05, 0) is 6.42 Å². The van der Waals surface area contributed by atoms with Gasteiger partial charge in [0.1, 0.15) is 0 Å². The van der Waals surface area contributed by atoms with Crippen LogP contribution < -0.4 is 5.32 Å². The molecule has 1 aliphatic heterocycles. The fourth-order valence-electron chi connectivity index (χ4n) is 1.40. The van der Waals surface area contributed by atoms with Gasteiger partial charge in [0, 0.05) is 26.1 Å². The van der Waals surface area contributed by atoms with Crippen molar-refractivity contribution in [3.63, 3.8) is 0 Å². The monoisotopic (exact) mass is 196 g/mol. The van der Waals surface area contributed by atoms with Crippen LogP contribution in [-0.4, -0.2) is 36.2 Å². The average molecular weight is 196 g/mol. The molecule has 0 aromatic rings. The molecule has 1 atom stereocenters. The number of hydrogen-bond acceptors (Lipinski definition) is 2. The van der Waals surface area contributed by atoms with Crippen molar-refractivity contribution in [1.29, 1.82) is 0 Å². The predicted molar refractivity (Wildman–Crippen MR) is 39.8 cm³/mol. The summed E-state index contributed by atoms with van der Waals surface area (Å²) < 4.78 is 36.3. The van der Waals surface area contributed by atoms with E-state index in [2.05, 4.69) is 5.32 Å². The zero-order valence-corrected chi connectivity index (χ0v) is 7.19. The number of rotatable bonds is 1. The third-order valence-corrected chi connectivity index (χ3v) is 1.95. The van der Waals surface area contributed by atoms with Crippen LogP contribution in [0.3, 0.4) is 0 Å². The van der Waals surface area contributed by atoms with E-state index in [-0.39, 0.29) is 25.0 Å². The Bertz CT molecular complexity index is 204. The van der Waals surface area contributed by atoms with Gasteiger partial charge in [-0.15, -0.1) is 0 Å². The lowest BCUT2D eigenvalue weighted by atomic mass is 10.3. The number of carbonyl (C=O) groups is 1. The van der Waals surface area contributed by atoms with Crippen LogP contribution in [0.5, 0.6) is 0 Å². The lowest BCUT2D eigenvalue weighted by Crippen LogP contribution is -2.40. The molecule has 0 bridgehead atoms. The molecular formula is C7H11F3N2O. The van der Waals surface area contributed by atoms with Crippen LogP contribution in [0.1, 0.15) is 13.3 Å². The van der Waals surface area contributed by atoms with Crippen molar-refractivity contribution in [2.24, 2.45) is 0 Å². The third-order valence-electron chi connectivity index (χ3n) is 1.95. The van der Waals surface area contributed by atoms with Gasteiger partial charge >= 0.3 is 6.30 Å². The second-order valence-electron chi connectivity index (χ2n) is 3.10. The Morgan fingerprint density at radius 2 is 2.15 bits per heavy atom. The Balaban J connectivity index is 2.41. The van der Waals surface area contributed by atoms with Gasteiger partial charge in [0.25, 0.3) is 0 Å². The number of likely N-dealkylation sites (tertiary alicyclic amines) is 1. The van der Waals surface area contributed by atoms with Crippen molar-refractivity contribution in [2.75, 3.05) is 13.1 Å². The van der Waals surface area contributed by atoms with E-state index in [4.69, 9.17) is 0 Å². The molecule has 0 aliphatic carbocycles. The van der Waals surface area contributed by atoms with E-state index < -0.39 is 6.30 Å². The van der Waals surface area contributed by atoms with Gasteiger partial charge in [0.15, 0.2) is 0 Å². The van der Waals surface area contributed by atoms with Gasteiger partial charge in [0.05, 0.1) is 0 Å². The molecule has 3 nitrogen and oxygen atoms in total. The lowest BCUT2D eigenvalue weighted by Gasteiger charge is -2.18. The van der Waals surface area contributed by atoms with Gasteiger partial charge < -0.3 is 5.32 Å². The van der Waals surface area contributed by atoms with E-state index >= 15 is 0 Å². The SMILES string of the molecule is CC(=O)NC1CCN(C(F)(F)F)C1. The molecule has 76 valence electrons. The van der Waals surface area contributed by atoms with E-state index in [1.165, 1.54) is 6.92 Å². The van der Waals surface area contributed by atoms with Crippen LogP contribution in [0.15, 0.2) is 0 Å². The van der Waals surface area contributed by atoms with Crippen LogP contribution in [-0.2, 0) is 4.79 Å². The minimum absolute atomic E-state index is 0.0333. The number of nitrogens with zero attached hydrogens (tertiary/aromatic N) is 1. The van der Waals surface area contributed by atoms with Crippen molar-refractivity contribution in [3.8, 4) is 0 Å². The Kier molecular flexibility index (Phi) is 2.80. The van der Waals surface area contributed by atoms with Crippen molar-refractivity contribution in [1.82, 2.24) is 10.2 Å². The van der Waals surface area contributed by atoms with Crippen molar-refractivity contribution < 1.29 is 18.0 Å². The molecule has 13 heavy (non-hydrogen) atoms. The summed E-state index contributed by atoms with van der Waals surface area (Å²) in [6, 6.07) is -0.362. The topological polar surface area (TPSA) is 32.3 Å². The highest BCUT2D eigenvalue weighted by molar-refractivity contribution is 5.73. The van der Waals surface area contributed by atoms with Gasteiger partial charge in [-0.25, -0.2) is 4.90 Å². The molecule has 0 saturated carbocycles. The van der Waals surface area contributed by atoms with Crippen LogP contribution in [0.25, 0.3) is 0 Å². The summed E-state index contributed by atoms with van der Waals surface area (Å²) in [5, 5.41) is 2.46. The molecule has 1 amide bonds. The zero-order chi connectivity index (χ0) is 10.1. The van der Waals surface area contributed by atoms with Gasteiger partial charge in [-0.2, -0.15) is 13.2 Å². The number of halogens is 3. The summed E-state index contributed by atoms with van der Waals surface area (Å²) >= 11 is 0. The summed E-state index contributed by atoms with van der Waals surface area (Å²) in [7, 11) is 0. The third kappa shape index (κ3) is 2.87. The molecule has 1 saturated heterocycles. The highest BCUT2D eigenvalue weighted by atomic mass is 19.4. The summed E-state index contributed by atoms with van der Waals surface area (Å²) in [6.07, 6.45) is -3.91. The van der Waals surface area contributed by atoms with Crippen molar-refractivity contribution >= 4 is 5.91 Å². The van der Waals surface area contributed by atoms with Gasteiger partial charge in [-0.3, -0.25) is 4.79 Å². The maximum Gasteiger partial charge on any atom is 0.459 e. The van der Waals surface area contributed by atoms with Crippen LogP contribution >= 0.6 is 0 Å². The number of hydrogen-bond donors (Lipinski definition) is 1. The first-order chi connectivity index (χ1) is 5.89. The van der Waals surface area contributed by atoms with E-state index in [1.54, 1.807) is 0 Å². The lowest BCUT2D eigenvalue weighted by molar-refractivity contribution is -0.238. The Morgan fingerprint density at radius 1 is 1.54 bits per heavy atom. The first-order valence-electron chi connectivity index (χ1n) is 3.98. The minimum atomic E-state index is -4.27. The average Bonchev–Trinajstić information content (AvgIpc) is 2.32. The summed E-state index contributed by atoms with van der Waals surface area (Å²) in [5.74, 6) is -0.283. The largest absolute Gasteiger partial charge is 0.459 e. The maximum atomic E-state index is 12.1. The first kappa shape index (κ1) is 10.3. The molecule has 1 aliphatic rings. The normalized spacial score (nSPS) is 24.8. The number of carbonyl (C=O) groups excluding carboxylic acids is 1. The number of amides is 1. The summed E-state index contributed by atoms with van der Waals surface area (Å²) in [6.45, 7) is 1.13. The highest BCUT2D eigenvalue weighted by Crippen LogP contribution is 2.25. The van der Waals surface area contributed by atoms with Crippen molar-refractivity contribution in [2.45, 2.75) is 25.7 Å². The molecule has 1 fully saturated rings. The Morgan fingerprint density at radius 3 is 2.54 bits per heavy atom. The minimum Gasteiger partial charge on any atom is -0.352 e. The van der Waals surface area contributed by atoms with Crippen LogP contribution in [0.2, 0.25) is 0 Å². The molecule has 0 aromatic carbocycles. The zero-order valence-electron chi connectivity index (χ0n) is 7.19. The molecule has 1 heterocycles. The maximum absolute atomic E-state index is 12.1. The highest BCUT2D eigenvalue weighted by Gasteiger charge is 2.41. The standard InChI is InChI=1S/C7H11F3N2O/c1-5(13)11-6-2-3-12(4-6)7(8,9)10/h6H,2-4H2,1H3,(H,11,13). The second kappa shape index (κ2) is 3.53. The quantitative estimate of drug-likeness (QED) is 0.626. The molecule has 0 aromatic heterocycles. The molecule has 1 rings (SSSR count). The Hall–Kier alpha value is -0.780. The fraction of sp³-hybridized carbons (Fsp3) is 0.857. The number of alkyl halides is 3. The smallest absolute Gasteiger partial charge is 0.352 e. The molecular weight excluding hydrogens is 185 g/mol. The van der Waals surface area contributed by atoms with Gasteiger partial charge in [-0.1, -0.05) is 0 Å². The van der Waals surface area contributed by atoms with Crippen LogP contribution in [0, 0.1) is 0 Å². The second-order valence-corrected chi connectivity index (χ2v) is 3.10. The molecule has 0 radical (unpaired) electrons. The molecule has 0 spiro atoms. The van der Waals surface area contributed by atoms with Crippen molar-refractivity contribution in [3.05, 3.63) is 0 Å². The fourth-order valence-corrected chi connectivity index (χ4v) is 1.40. The van der Waals surface area contributed by atoms with E-state index in [0.717, 1.165) is 0 Å². The molecule has 1 N–H and O–H groups in total. The first-order valence-corrected chi connectivity index (χ1v) is 3.98. The van der Waals surface area contributed by atoms with E-state index in [0.29, 0.717) is 11.3 Å². The number of nitrogens with one attached hydrogen (secondary N) is 1. The van der Waals surface area contributed by atoms with Crippen LogP contribution in [0.4, 0.5) is 13.2 Å². The Labute approximate surface area is 73.9 Å². The summed E-state index contributed by atoms with van der Waals surface area (Å²) in [4.78, 5) is 11.0. The van der Waals surface area contributed by atoms with E-state index in [1.807, 2.05) is 0 Å². The predicted octanol–water partition coefficient (Wildman–Crippen LogP) is 0.717.